The summed E-state index contributed by atoms with van der Waals surface area (Å²) in [5.41, 5.74) is 6.00. The van der Waals surface area contributed by atoms with E-state index in [9.17, 15) is 4.79 Å². The molecule has 0 spiro atoms. The first kappa shape index (κ1) is 17.9. The lowest BCUT2D eigenvalue weighted by Gasteiger charge is -2.11. The van der Waals surface area contributed by atoms with Gasteiger partial charge in [-0.05, 0) is 19.9 Å². The van der Waals surface area contributed by atoms with Crippen LogP contribution in [0.5, 0.6) is 0 Å². The van der Waals surface area contributed by atoms with Crippen LogP contribution in [0.25, 0.3) is 11.3 Å². The molecule has 2 aromatic rings. The van der Waals surface area contributed by atoms with E-state index in [2.05, 4.69) is 41.1 Å². The standard InChI is InChI=1S/C19H22N2O2Si/c1-6-23-19(22)17-13-20-14(2)21-18(17)16-10-8-7-9-15(16)11-12-24(3,4)5/h7-10,13H,6H2,1-5H3. The summed E-state index contributed by atoms with van der Waals surface area (Å²) in [4.78, 5) is 20.9. The normalized spacial score (nSPS) is 10.7. The minimum atomic E-state index is -1.51. The van der Waals surface area contributed by atoms with Crippen LogP contribution in [0.3, 0.4) is 0 Å². The molecule has 0 aliphatic rings. The number of carbonyl (C=O) groups excluding carboxylic acids is 1. The third-order valence-corrected chi connectivity index (χ3v) is 4.03. The number of benzene rings is 1. The van der Waals surface area contributed by atoms with E-state index in [1.54, 1.807) is 13.8 Å². The highest BCUT2D eigenvalue weighted by Crippen LogP contribution is 2.25. The zero-order valence-electron chi connectivity index (χ0n) is 14.8. The lowest BCUT2D eigenvalue weighted by Crippen LogP contribution is -2.16. The lowest BCUT2D eigenvalue weighted by molar-refractivity contribution is 0.0526. The average molecular weight is 338 g/mol. The number of aryl methyl sites for hydroxylation is 1. The van der Waals surface area contributed by atoms with Gasteiger partial charge >= 0.3 is 5.97 Å². The summed E-state index contributed by atoms with van der Waals surface area (Å²) in [5.74, 6) is 3.46. The molecule has 0 radical (unpaired) electrons. The fourth-order valence-electron chi connectivity index (χ4n) is 2.09. The number of nitrogens with zero attached hydrogens (tertiary/aromatic N) is 2. The zero-order chi connectivity index (χ0) is 17.7. The third kappa shape index (κ3) is 4.53. The number of aromatic nitrogens is 2. The van der Waals surface area contributed by atoms with E-state index in [1.165, 1.54) is 6.20 Å². The molecule has 0 bridgehead atoms. The summed E-state index contributed by atoms with van der Waals surface area (Å²) in [7, 11) is -1.51. The summed E-state index contributed by atoms with van der Waals surface area (Å²) >= 11 is 0. The predicted octanol–water partition coefficient (Wildman–Crippen LogP) is 3.86. The van der Waals surface area contributed by atoms with Crippen LogP contribution in [-0.4, -0.2) is 30.6 Å². The fourth-order valence-corrected chi connectivity index (χ4v) is 2.60. The first-order chi connectivity index (χ1) is 11.3. The van der Waals surface area contributed by atoms with Crippen LogP contribution < -0.4 is 0 Å². The molecule has 0 saturated heterocycles. The molecule has 0 fully saturated rings. The monoisotopic (exact) mass is 338 g/mol. The van der Waals surface area contributed by atoms with Gasteiger partial charge in [0, 0.05) is 17.3 Å². The smallest absolute Gasteiger partial charge is 0.341 e. The van der Waals surface area contributed by atoms with E-state index in [0.717, 1.165) is 11.1 Å². The van der Waals surface area contributed by atoms with Crippen molar-refractivity contribution in [2.45, 2.75) is 33.5 Å². The van der Waals surface area contributed by atoms with Gasteiger partial charge in [0.15, 0.2) is 0 Å². The van der Waals surface area contributed by atoms with Crippen LogP contribution in [0.1, 0.15) is 28.7 Å². The van der Waals surface area contributed by atoms with Crippen molar-refractivity contribution in [2.24, 2.45) is 0 Å². The molecule has 0 aliphatic heterocycles. The molecule has 0 unspecified atom stereocenters. The Bertz CT molecular complexity index is 814. The van der Waals surface area contributed by atoms with Crippen molar-refractivity contribution in [1.29, 1.82) is 0 Å². The molecule has 0 atom stereocenters. The molecule has 1 aromatic heterocycles. The zero-order valence-corrected chi connectivity index (χ0v) is 15.8. The number of hydrogen-bond donors (Lipinski definition) is 0. The second kappa shape index (κ2) is 7.41. The number of rotatable bonds is 3. The maximum atomic E-state index is 12.2. The van der Waals surface area contributed by atoms with E-state index < -0.39 is 14.0 Å². The molecular weight excluding hydrogens is 316 g/mol. The Labute approximate surface area is 144 Å². The van der Waals surface area contributed by atoms with Crippen LogP contribution in [0.4, 0.5) is 0 Å². The molecular formula is C19H22N2O2Si. The quantitative estimate of drug-likeness (QED) is 0.484. The second-order valence-electron chi connectivity index (χ2n) is 6.45. The summed E-state index contributed by atoms with van der Waals surface area (Å²) < 4.78 is 5.14. The highest BCUT2D eigenvalue weighted by Gasteiger charge is 2.18. The summed E-state index contributed by atoms with van der Waals surface area (Å²) in [5, 5.41) is 0. The van der Waals surface area contributed by atoms with Crippen LogP contribution in [-0.2, 0) is 4.74 Å². The summed E-state index contributed by atoms with van der Waals surface area (Å²) in [6.45, 7) is 10.5. The number of hydrogen-bond acceptors (Lipinski definition) is 4. The van der Waals surface area contributed by atoms with E-state index >= 15 is 0 Å². The summed E-state index contributed by atoms with van der Waals surface area (Å²) in [6.07, 6.45) is 1.53. The average Bonchev–Trinajstić information content (AvgIpc) is 2.52. The second-order valence-corrected chi connectivity index (χ2v) is 11.2. The van der Waals surface area contributed by atoms with E-state index in [-0.39, 0.29) is 0 Å². The number of ether oxygens (including phenoxy) is 1. The minimum absolute atomic E-state index is 0.309. The summed E-state index contributed by atoms with van der Waals surface area (Å²) in [6, 6.07) is 7.74. The maximum Gasteiger partial charge on any atom is 0.341 e. The van der Waals surface area contributed by atoms with Gasteiger partial charge in [-0.2, -0.15) is 0 Å². The first-order valence-electron chi connectivity index (χ1n) is 7.95. The molecule has 4 nitrogen and oxygen atoms in total. The van der Waals surface area contributed by atoms with Crippen molar-refractivity contribution >= 4 is 14.0 Å². The molecule has 124 valence electrons. The molecule has 5 heteroatoms. The van der Waals surface area contributed by atoms with Crippen molar-refractivity contribution in [3.63, 3.8) is 0 Å². The van der Waals surface area contributed by atoms with Gasteiger partial charge in [0.2, 0.25) is 0 Å². The fraction of sp³-hybridized carbons (Fsp3) is 0.316. The molecule has 0 N–H and O–H groups in total. The van der Waals surface area contributed by atoms with E-state index in [0.29, 0.717) is 23.7 Å². The van der Waals surface area contributed by atoms with Gasteiger partial charge < -0.3 is 4.74 Å². The molecule has 2 rings (SSSR count). The molecule has 24 heavy (non-hydrogen) atoms. The van der Waals surface area contributed by atoms with Gasteiger partial charge in [-0.3, -0.25) is 0 Å². The van der Waals surface area contributed by atoms with Crippen molar-refractivity contribution in [1.82, 2.24) is 9.97 Å². The highest BCUT2D eigenvalue weighted by atomic mass is 28.3. The minimum Gasteiger partial charge on any atom is -0.462 e. The molecule has 1 heterocycles. The highest BCUT2D eigenvalue weighted by molar-refractivity contribution is 6.83. The van der Waals surface area contributed by atoms with Crippen LogP contribution in [0.2, 0.25) is 19.6 Å². The van der Waals surface area contributed by atoms with Crippen molar-refractivity contribution in [3.05, 3.63) is 47.4 Å². The van der Waals surface area contributed by atoms with Crippen LogP contribution in [0, 0.1) is 18.4 Å². The number of esters is 1. The van der Waals surface area contributed by atoms with Crippen molar-refractivity contribution < 1.29 is 9.53 Å². The Kier molecular flexibility index (Phi) is 5.53. The van der Waals surface area contributed by atoms with Gasteiger partial charge in [0.25, 0.3) is 0 Å². The first-order valence-corrected chi connectivity index (χ1v) is 11.4. The largest absolute Gasteiger partial charge is 0.462 e. The SMILES string of the molecule is CCOC(=O)c1cnc(C)nc1-c1ccccc1C#C[Si](C)(C)C. The Morgan fingerprint density at radius 2 is 1.96 bits per heavy atom. The predicted molar refractivity (Wildman–Crippen MR) is 98.4 cm³/mol. The van der Waals surface area contributed by atoms with Crippen molar-refractivity contribution in [2.75, 3.05) is 6.61 Å². The van der Waals surface area contributed by atoms with E-state index in [1.807, 2.05) is 24.3 Å². The Balaban J connectivity index is 2.62. The number of carbonyl (C=O) groups is 1. The van der Waals surface area contributed by atoms with E-state index in [4.69, 9.17) is 4.74 Å². The van der Waals surface area contributed by atoms with Gasteiger partial charge in [0.1, 0.15) is 19.5 Å². The van der Waals surface area contributed by atoms with Gasteiger partial charge in [0.05, 0.1) is 12.3 Å². The third-order valence-electron chi connectivity index (χ3n) is 3.16. The molecule has 0 aliphatic carbocycles. The Morgan fingerprint density at radius 1 is 1.25 bits per heavy atom. The Hall–Kier alpha value is -2.45. The molecule has 0 amide bonds. The topological polar surface area (TPSA) is 52.1 Å². The van der Waals surface area contributed by atoms with Gasteiger partial charge in [-0.1, -0.05) is 43.8 Å². The van der Waals surface area contributed by atoms with Gasteiger partial charge in [-0.25, -0.2) is 14.8 Å². The van der Waals surface area contributed by atoms with Crippen LogP contribution in [0.15, 0.2) is 30.5 Å². The molecule has 1 aromatic carbocycles. The maximum absolute atomic E-state index is 12.2. The molecule has 0 saturated carbocycles. The van der Waals surface area contributed by atoms with Crippen molar-refractivity contribution in [3.8, 4) is 22.7 Å². The van der Waals surface area contributed by atoms with Crippen LogP contribution >= 0.6 is 0 Å². The Morgan fingerprint density at radius 3 is 2.62 bits per heavy atom. The lowest BCUT2D eigenvalue weighted by atomic mass is 10.0. The van der Waals surface area contributed by atoms with Gasteiger partial charge in [-0.15, -0.1) is 5.54 Å².